The second-order valence-corrected chi connectivity index (χ2v) is 6.43. The fraction of sp³-hybridized carbons (Fsp3) is 0.353. The summed E-state index contributed by atoms with van der Waals surface area (Å²) in [6.45, 7) is 4.00. The zero-order valence-electron chi connectivity index (χ0n) is 13.4. The van der Waals surface area contributed by atoms with E-state index in [4.69, 9.17) is 4.74 Å². The van der Waals surface area contributed by atoms with Crippen LogP contribution in [0.25, 0.3) is 10.6 Å². The van der Waals surface area contributed by atoms with Gasteiger partial charge in [-0.3, -0.25) is 9.59 Å². The molecule has 2 amide bonds. The van der Waals surface area contributed by atoms with Gasteiger partial charge in [-0.05, 0) is 24.3 Å². The Kier molecular flexibility index (Phi) is 5.22. The summed E-state index contributed by atoms with van der Waals surface area (Å²) in [5.41, 5.74) is 2.52. The number of benzene rings is 1. The average molecular weight is 345 g/mol. The van der Waals surface area contributed by atoms with E-state index >= 15 is 0 Å². The monoisotopic (exact) mass is 345 g/mol. The van der Waals surface area contributed by atoms with Crippen LogP contribution in [0.15, 0.2) is 29.6 Å². The first kappa shape index (κ1) is 16.6. The summed E-state index contributed by atoms with van der Waals surface area (Å²) in [5, 5.41) is 5.53. The number of morpholine rings is 1. The van der Waals surface area contributed by atoms with Gasteiger partial charge in [-0.25, -0.2) is 4.98 Å². The molecule has 0 radical (unpaired) electrons. The Labute approximate surface area is 144 Å². The fourth-order valence-electron chi connectivity index (χ4n) is 2.50. The summed E-state index contributed by atoms with van der Waals surface area (Å²) in [4.78, 5) is 29.7. The van der Waals surface area contributed by atoms with E-state index in [1.807, 2.05) is 34.5 Å². The van der Waals surface area contributed by atoms with Gasteiger partial charge in [0.2, 0.25) is 11.8 Å². The van der Waals surface area contributed by atoms with Crippen LogP contribution < -0.4 is 5.32 Å². The highest BCUT2D eigenvalue weighted by Gasteiger charge is 2.18. The Hall–Kier alpha value is -2.25. The van der Waals surface area contributed by atoms with Crippen molar-refractivity contribution in [1.29, 1.82) is 0 Å². The molecule has 1 aromatic heterocycles. The van der Waals surface area contributed by atoms with Crippen molar-refractivity contribution in [2.75, 3.05) is 31.6 Å². The number of thiazole rings is 1. The van der Waals surface area contributed by atoms with E-state index < -0.39 is 0 Å². The van der Waals surface area contributed by atoms with Gasteiger partial charge in [0, 0.05) is 36.6 Å². The Balaban J connectivity index is 1.64. The number of carbonyl (C=O) groups is 2. The molecule has 24 heavy (non-hydrogen) atoms. The molecule has 0 bridgehead atoms. The van der Waals surface area contributed by atoms with Gasteiger partial charge in [0.15, 0.2) is 0 Å². The molecule has 1 aliphatic heterocycles. The van der Waals surface area contributed by atoms with E-state index in [0.717, 1.165) is 22.0 Å². The van der Waals surface area contributed by atoms with Crippen molar-refractivity contribution in [2.45, 2.75) is 13.3 Å². The Morgan fingerprint density at radius 2 is 1.96 bits per heavy atom. The van der Waals surface area contributed by atoms with Crippen molar-refractivity contribution in [2.24, 2.45) is 0 Å². The first-order chi connectivity index (χ1) is 11.6. The van der Waals surface area contributed by atoms with Crippen LogP contribution in [0.4, 0.5) is 5.69 Å². The molecule has 3 rings (SSSR count). The lowest BCUT2D eigenvalue weighted by Gasteiger charge is -2.26. The van der Waals surface area contributed by atoms with Crippen LogP contribution in [0.5, 0.6) is 0 Å². The van der Waals surface area contributed by atoms with Gasteiger partial charge in [-0.1, -0.05) is 0 Å². The zero-order valence-corrected chi connectivity index (χ0v) is 14.3. The third kappa shape index (κ3) is 4.18. The van der Waals surface area contributed by atoms with Crippen molar-refractivity contribution in [3.05, 3.63) is 35.3 Å². The predicted octanol–water partition coefficient (Wildman–Crippen LogP) is 2.17. The SMILES string of the molecule is CC(=O)Nc1ccc(-c2nc(CC(=O)N3CCOCC3)cs2)cc1. The normalized spacial score (nSPS) is 14.5. The number of nitrogens with one attached hydrogen (secondary N) is 1. The molecular weight excluding hydrogens is 326 g/mol. The van der Waals surface area contributed by atoms with Gasteiger partial charge >= 0.3 is 0 Å². The second kappa shape index (κ2) is 7.55. The standard InChI is InChI=1S/C17H19N3O3S/c1-12(21)18-14-4-2-13(3-5-14)17-19-15(11-24-17)10-16(22)20-6-8-23-9-7-20/h2-5,11H,6-10H2,1H3,(H,18,21). The summed E-state index contributed by atoms with van der Waals surface area (Å²) >= 11 is 1.52. The van der Waals surface area contributed by atoms with Gasteiger partial charge in [-0.2, -0.15) is 0 Å². The van der Waals surface area contributed by atoms with Crippen molar-refractivity contribution in [3.8, 4) is 10.6 Å². The molecule has 1 fully saturated rings. The number of rotatable bonds is 4. The number of carbonyl (C=O) groups excluding carboxylic acids is 2. The molecule has 1 N–H and O–H groups in total. The van der Waals surface area contributed by atoms with Gasteiger partial charge in [0.25, 0.3) is 0 Å². The maximum Gasteiger partial charge on any atom is 0.228 e. The van der Waals surface area contributed by atoms with E-state index in [1.165, 1.54) is 18.3 Å². The predicted molar refractivity (Wildman–Crippen MR) is 93.0 cm³/mol. The quantitative estimate of drug-likeness (QED) is 0.922. The summed E-state index contributed by atoms with van der Waals surface area (Å²) in [6, 6.07) is 7.52. The summed E-state index contributed by atoms with van der Waals surface area (Å²) < 4.78 is 5.26. The number of amides is 2. The van der Waals surface area contributed by atoms with Crippen LogP contribution in [0.2, 0.25) is 0 Å². The minimum Gasteiger partial charge on any atom is -0.378 e. The van der Waals surface area contributed by atoms with Gasteiger partial charge in [-0.15, -0.1) is 11.3 Å². The molecule has 2 heterocycles. The largest absolute Gasteiger partial charge is 0.378 e. The van der Waals surface area contributed by atoms with E-state index in [2.05, 4.69) is 10.3 Å². The smallest absolute Gasteiger partial charge is 0.228 e. The average Bonchev–Trinajstić information content (AvgIpc) is 3.04. The molecule has 0 aliphatic carbocycles. The number of hydrogen-bond donors (Lipinski definition) is 1. The van der Waals surface area contributed by atoms with E-state index in [1.54, 1.807) is 0 Å². The third-order valence-electron chi connectivity index (χ3n) is 3.70. The highest BCUT2D eigenvalue weighted by atomic mass is 32.1. The van der Waals surface area contributed by atoms with E-state index in [-0.39, 0.29) is 11.8 Å². The number of anilines is 1. The summed E-state index contributed by atoms with van der Waals surface area (Å²) in [6.07, 6.45) is 0.320. The topological polar surface area (TPSA) is 71.5 Å². The maximum absolute atomic E-state index is 12.3. The number of nitrogens with zero attached hydrogens (tertiary/aromatic N) is 2. The molecule has 0 atom stereocenters. The first-order valence-corrected chi connectivity index (χ1v) is 8.68. The zero-order chi connectivity index (χ0) is 16.9. The number of ether oxygens (including phenoxy) is 1. The van der Waals surface area contributed by atoms with Gasteiger partial charge in [0.05, 0.1) is 25.3 Å². The van der Waals surface area contributed by atoms with E-state index in [9.17, 15) is 9.59 Å². The van der Waals surface area contributed by atoms with Gasteiger partial charge < -0.3 is 15.0 Å². The van der Waals surface area contributed by atoms with Crippen LogP contribution in [-0.4, -0.2) is 48.0 Å². The molecule has 126 valence electrons. The van der Waals surface area contributed by atoms with Crippen LogP contribution in [0, 0.1) is 0 Å². The number of aromatic nitrogens is 1. The number of hydrogen-bond acceptors (Lipinski definition) is 5. The van der Waals surface area contributed by atoms with E-state index in [0.29, 0.717) is 32.7 Å². The Morgan fingerprint density at radius 1 is 1.25 bits per heavy atom. The molecule has 6 nitrogen and oxygen atoms in total. The van der Waals surface area contributed by atoms with Crippen molar-refractivity contribution < 1.29 is 14.3 Å². The third-order valence-corrected chi connectivity index (χ3v) is 4.64. The maximum atomic E-state index is 12.3. The Bertz CT molecular complexity index is 721. The fourth-order valence-corrected chi connectivity index (χ4v) is 3.33. The molecule has 1 aromatic carbocycles. The van der Waals surface area contributed by atoms with Gasteiger partial charge in [0.1, 0.15) is 5.01 Å². The summed E-state index contributed by atoms with van der Waals surface area (Å²) in [7, 11) is 0. The second-order valence-electron chi connectivity index (χ2n) is 5.57. The molecule has 0 spiro atoms. The van der Waals surface area contributed by atoms with Crippen LogP contribution >= 0.6 is 11.3 Å². The molecule has 1 aliphatic rings. The van der Waals surface area contributed by atoms with Crippen molar-refractivity contribution in [3.63, 3.8) is 0 Å². The van der Waals surface area contributed by atoms with Crippen LogP contribution in [0.3, 0.4) is 0 Å². The molecule has 0 unspecified atom stereocenters. The molecule has 2 aromatic rings. The molecule has 1 saturated heterocycles. The molecule has 0 saturated carbocycles. The molecular formula is C17H19N3O3S. The van der Waals surface area contributed by atoms with Crippen molar-refractivity contribution >= 4 is 28.8 Å². The minimum atomic E-state index is -0.0964. The first-order valence-electron chi connectivity index (χ1n) is 7.80. The van der Waals surface area contributed by atoms with Crippen molar-refractivity contribution in [1.82, 2.24) is 9.88 Å². The van der Waals surface area contributed by atoms with Crippen LogP contribution in [0.1, 0.15) is 12.6 Å². The minimum absolute atomic E-state index is 0.0937. The highest BCUT2D eigenvalue weighted by molar-refractivity contribution is 7.13. The lowest BCUT2D eigenvalue weighted by atomic mass is 10.2. The highest BCUT2D eigenvalue weighted by Crippen LogP contribution is 2.25. The molecule has 7 heteroatoms. The van der Waals surface area contributed by atoms with Crippen LogP contribution in [-0.2, 0) is 20.7 Å². The lowest BCUT2D eigenvalue weighted by molar-refractivity contribution is -0.134. The summed E-state index contributed by atoms with van der Waals surface area (Å²) in [5.74, 6) is -0.00272. The Morgan fingerprint density at radius 3 is 2.62 bits per heavy atom. The lowest BCUT2D eigenvalue weighted by Crippen LogP contribution is -2.41.